The van der Waals surface area contributed by atoms with E-state index in [-0.39, 0.29) is 11.5 Å². The Morgan fingerprint density at radius 3 is 2.49 bits per heavy atom. The van der Waals surface area contributed by atoms with Crippen molar-refractivity contribution < 1.29 is 4.74 Å². The highest BCUT2D eigenvalue weighted by atomic mass is 35.5. The van der Waals surface area contributed by atoms with Crippen LogP contribution in [-0.4, -0.2) is 20.7 Å². The van der Waals surface area contributed by atoms with Crippen molar-refractivity contribution in [2.75, 3.05) is 6.61 Å². The average molecular weight is 484 g/mol. The predicted octanol–water partition coefficient (Wildman–Crippen LogP) is 6.17. The maximum Gasteiger partial charge on any atom is 0.255 e. The Bertz CT molecular complexity index is 1570. The Kier molecular flexibility index (Phi) is 6.18. The predicted molar refractivity (Wildman–Crippen MR) is 141 cm³/mol. The average Bonchev–Trinajstić information content (AvgIpc) is 3.29. The molecule has 2 heterocycles. The van der Waals surface area contributed by atoms with Gasteiger partial charge in [-0.05, 0) is 48.4 Å². The number of imidazole rings is 1. The van der Waals surface area contributed by atoms with E-state index >= 15 is 0 Å². The molecule has 0 fully saturated rings. The third kappa shape index (κ3) is 4.13. The fraction of sp³-hybridized carbons (Fsp3) is 0.172. The number of halogens is 1. The van der Waals surface area contributed by atoms with Gasteiger partial charge in [0, 0.05) is 47.5 Å². The van der Waals surface area contributed by atoms with E-state index in [9.17, 15) is 4.79 Å². The molecule has 0 bridgehead atoms. The summed E-state index contributed by atoms with van der Waals surface area (Å²) in [4.78, 5) is 18.5. The van der Waals surface area contributed by atoms with E-state index in [1.165, 1.54) is 0 Å². The number of benzene rings is 3. The van der Waals surface area contributed by atoms with Gasteiger partial charge < -0.3 is 13.9 Å². The molecule has 1 unspecified atom stereocenters. The number of aromatic nitrogens is 3. The molecule has 6 heteroatoms. The van der Waals surface area contributed by atoms with Gasteiger partial charge in [-0.25, -0.2) is 4.98 Å². The lowest BCUT2D eigenvalue weighted by Crippen LogP contribution is -2.27. The Morgan fingerprint density at radius 1 is 1.00 bits per heavy atom. The summed E-state index contributed by atoms with van der Waals surface area (Å²) in [5.41, 5.74) is 5.22. The molecule has 2 aromatic heterocycles. The highest BCUT2D eigenvalue weighted by Gasteiger charge is 2.29. The molecule has 0 saturated heterocycles. The third-order valence-electron chi connectivity index (χ3n) is 6.41. The Labute approximate surface area is 209 Å². The molecule has 3 aromatic carbocycles. The molecule has 5 rings (SSSR count). The summed E-state index contributed by atoms with van der Waals surface area (Å²) in [7, 11) is 3.78. The molecule has 0 aliphatic heterocycles. The minimum absolute atomic E-state index is 0.0540. The first kappa shape index (κ1) is 22.9. The zero-order valence-corrected chi connectivity index (χ0v) is 20.7. The second-order valence-electron chi connectivity index (χ2n) is 8.54. The number of pyridine rings is 1. The maximum absolute atomic E-state index is 14.2. The van der Waals surface area contributed by atoms with Crippen molar-refractivity contribution in [1.29, 1.82) is 0 Å². The van der Waals surface area contributed by atoms with Crippen LogP contribution < -0.4 is 10.3 Å². The highest BCUT2D eigenvalue weighted by Crippen LogP contribution is 2.40. The van der Waals surface area contributed by atoms with Gasteiger partial charge in [-0.1, -0.05) is 54.1 Å². The van der Waals surface area contributed by atoms with E-state index in [1.54, 1.807) is 10.9 Å². The molecule has 35 heavy (non-hydrogen) atoms. The standard InChI is InChI=1S/C29H26ClN3O2/c1-4-35-22-9-7-8-20(16-22)26-23-10-5-6-11-24(23)33(3)29(34)28(26)27(25-17-31-18-32(25)2)19-12-14-21(30)15-13-19/h5-18,27H,4H2,1-3H3. The molecular weight excluding hydrogens is 458 g/mol. The summed E-state index contributed by atoms with van der Waals surface area (Å²) in [6.45, 7) is 2.53. The van der Waals surface area contributed by atoms with E-state index in [0.29, 0.717) is 17.2 Å². The topological polar surface area (TPSA) is 49.1 Å². The molecule has 0 radical (unpaired) electrons. The lowest BCUT2D eigenvalue weighted by Gasteiger charge is -2.24. The summed E-state index contributed by atoms with van der Waals surface area (Å²) in [5.74, 6) is 0.415. The number of fused-ring (bicyclic) bond motifs is 1. The lowest BCUT2D eigenvalue weighted by molar-refractivity contribution is 0.340. The van der Waals surface area contributed by atoms with Crippen molar-refractivity contribution in [3.8, 4) is 16.9 Å². The zero-order valence-electron chi connectivity index (χ0n) is 19.9. The van der Waals surface area contributed by atoms with Crippen LogP contribution in [0.3, 0.4) is 0 Å². The largest absolute Gasteiger partial charge is 0.494 e. The van der Waals surface area contributed by atoms with Gasteiger partial charge in [0.2, 0.25) is 0 Å². The summed E-state index contributed by atoms with van der Waals surface area (Å²) in [6, 6.07) is 23.7. The zero-order chi connectivity index (χ0) is 24.5. The van der Waals surface area contributed by atoms with Crippen LogP contribution in [0.15, 0.2) is 90.1 Å². The van der Waals surface area contributed by atoms with Crippen molar-refractivity contribution in [2.45, 2.75) is 12.8 Å². The summed E-state index contributed by atoms with van der Waals surface area (Å²) >= 11 is 6.23. The van der Waals surface area contributed by atoms with E-state index in [2.05, 4.69) is 11.1 Å². The Hall–Kier alpha value is -3.83. The molecule has 5 aromatic rings. The molecule has 0 amide bonds. The molecule has 0 aliphatic rings. The molecule has 1 atom stereocenters. The monoisotopic (exact) mass is 483 g/mol. The fourth-order valence-corrected chi connectivity index (χ4v) is 4.92. The van der Waals surface area contributed by atoms with Gasteiger partial charge in [0.05, 0.1) is 24.4 Å². The van der Waals surface area contributed by atoms with Gasteiger partial charge in [0.1, 0.15) is 5.75 Å². The van der Waals surface area contributed by atoms with Gasteiger partial charge in [0.25, 0.3) is 5.56 Å². The smallest absolute Gasteiger partial charge is 0.255 e. The van der Waals surface area contributed by atoms with E-state index in [4.69, 9.17) is 16.3 Å². The highest BCUT2D eigenvalue weighted by molar-refractivity contribution is 6.30. The molecule has 0 aliphatic carbocycles. The van der Waals surface area contributed by atoms with Crippen LogP contribution in [0.25, 0.3) is 22.0 Å². The number of rotatable bonds is 6. The van der Waals surface area contributed by atoms with Crippen molar-refractivity contribution in [1.82, 2.24) is 14.1 Å². The first-order valence-electron chi connectivity index (χ1n) is 11.6. The van der Waals surface area contributed by atoms with E-state index < -0.39 is 0 Å². The van der Waals surface area contributed by atoms with Crippen LogP contribution in [-0.2, 0) is 14.1 Å². The second kappa shape index (κ2) is 9.43. The minimum atomic E-state index is -0.353. The summed E-state index contributed by atoms with van der Waals surface area (Å²) < 4.78 is 9.51. The van der Waals surface area contributed by atoms with Crippen LogP contribution in [0.4, 0.5) is 0 Å². The first-order chi connectivity index (χ1) is 17.0. The number of nitrogens with zero attached hydrogens (tertiary/aromatic N) is 3. The van der Waals surface area contributed by atoms with Crippen LogP contribution >= 0.6 is 11.6 Å². The van der Waals surface area contributed by atoms with Gasteiger partial charge in [0.15, 0.2) is 0 Å². The number of hydrogen-bond acceptors (Lipinski definition) is 3. The quantitative estimate of drug-likeness (QED) is 0.290. The third-order valence-corrected chi connectivity index (χ3v) is 6.67. The minimum Gasteiger partial charge on any atom is -0.494 e. The Balaban J connectivity index is 1.92. The molecule has 0 spiro atoms. The van der Waals surface area contributed by atoms with E-state index in [1.807, 2.05) is 98.5 Å². The van der Waals surface area contributed by atoms with Crippen LogP contribution in [0.1, 0.15) is 29.7 Å². The number of hydrogen-bond donors (Lipinski definition) is 0. The SMILES string of the molecule is CCOc1cccc(-c2c(C(c3ccc(Cl)cc3)c3cncn3C)c(=O)n(C)c3ccccc23)c1. The lowest BCUT2D eigenvalue weighted by atomic mass is 9.83. The molecule has 0 saturated carbocycles. The van der Waals surface area contributed by atoms with Gasteiger partial charge in [-0.3, -0.25) is 4.79 Å². The second-order valence-corrected chi connectivity index (χ2v) is 8.98. The first-order valence-corrected chi connectivity index (χ1v) is 11.9. The van der Waals surface area contributed by atoms with Crippen LogP contribution in [0.5, 0.6) is 5.75 Å². The molecular formula is C29H26ClN3O2. The Morgan fingerprint density at radius 2 is 1.77 bits per heavy atom. The maximum atomic E-state index is 14.2. The molecule has 5 nitrogen and oxygen atoms in total. The summed E-state index contributed by atoms with van der Waals surface area (Å²) in [5, 5.41) is 1.65. The van der Waals surface area contributed by atoms with Crippen LogP contribution in [0.2, 0.25) is 5.02 Å². The molecule has 0 N–H and O–H groups in total. The van der Waals surface area contributed by atoms with Gasteiger partial charge >= 0.3 is 0 Å². The van der Waals surface area contributed by atoms with Crippen molar-refractivity contribution >= 4 is 22.5 Å². The normalized spacial score (nSPS) is 12.1. The molecule has 176 valence electrons. The van der Waals surface area contributed by atoms with Crippen molar-refractivity contribution in [3.63, 3.8) is 0 Å². The van der Waals surface area contributed by atoms with Crippen molar-refractivity contribution in [2.24, 2.45) is 14.1 Å². The van der Waals surface area contributed by atoms with Crippen molar-refractivity contribution in [3.05, 3.63) is 118 Å². The number of para-hydroxylation sites is 1. The fourth-order valence-electron chi connectivity index (χ4n) is 4.79. The number of aryl methyl sites for hydroxylation is 2. The van der Waals surface area contributed by atoms with Gasteiger partial charge in [-0.15, -0.1) is 0 Å². The van der Waals surface area contributed by atoms with Crippen LogP contribution in [0, 0.1) is 0 Å². The number of ether oxygens (including phenoxy) is 1. The summed E-state index contributed by atoms with van der Waals surface area (Å²) in [6.07, 6.45) is 3.59. The van der Waals surface area contributed by atoms with Gasteiger partial charge in [-0.2, -0.15) is 0 Å². The van der Waals surface area contributed by atoms with E-state index in [0.717, 1.165) is 39.0 Å².